The fraction of sp³-hybridized carbons (Fsp3) is 0.600. The number of hydrogen-bond donors (Lipinski definition) is 1. The molecular weight excluding hydrogens is 242 g/mol. The molecule has 2 heterocycles. The lowest BCUT2D eigenvalue weighted by molar-refractivity contribution is 0.389. The summed E-state index contributed by atoms with van der Waals surface area (Å²) in [7, 11) is -1.62. The minimum Gasteiger partial charge on any atom is -0.481 e. The van der Waals surface area contributed by atoms with Crippen LogP contribution < -0.4 is 10.5 Å². The standard InChI is InChI=1S/C10H15N3O3S/c1-6(11)3-9-12-8-5-17(14,15)4-7(8)10(13-9)16-2/h6H,3-5,11H2,1-2H3. The largest absolute Gasteiger partial charge is 0.481 e. The minimum atomic E-state index is -3.10. The molecule has 1 aliphatic rings. The number of sulfone groups is 1. The molecule has 0 bridgehead atoms. The first-order valence-corrected chi connectivity index (χ1v) is 7.12. The molecule has 0 spiro atoms. The number of nitrogens with zero attached hydrogens (tertiary/aromatic N) is 2. The minimum absolute atomic E-state index is 0.0346. The fourth-order valence-electron chi connectivity index (χ4n) is 1.85. The van der Waals surface area contributed by atoms with Crippen LogP contribution in [0.2, 0.25) is 0 Å². The highest BCUT2D eigenvalue weighted by molar-refractivity contribution is 7.90. The molecule has 2 rings (SSSR count). The summed E-state index contributed by atoms with van der Waals surface area (Å²) < 4.78 is 28.2. The van der Waals surface area contributed by atoms with E-state index in [1.165, 1.54) is 7.11 Å². The Hall–Kier alpha value is -1.21. The van der Waals surface area contributed by atoms with Crippen LogP contribution in [0.15, 0.2) is 0 Å². The van der Waals surface area contributed by atoms with E-state index in [4.69, 9.17) is 10.5 Å². The Morgan fingerprint density at radius 3 is 2.71 bits per heavy atom. The van der Waals surface area contributed by atoms with Crippen LogP contribution in [0, 0.1) is 0 Å². The van der Waals surface area contributed by atoms with Crippen LogP contribution in [0.5, 0.6) is 5.88 Å². The molecule has 1 aliphatic heterocycles. The van der Waals surface area contributed by atoms with E-state index in [1.807, 2.05) is 6.92 Å². The third-order valence-electron chi connectivity index (χ3n) is 2.52. The molecule has 6 nitrogen and oxygen atoms in total. The summed E-state index contributed by atoms with van der Waals surface area (Å²) in [4.78, 5) is 8.44. The maximum atomic E-state index is 11.5. The highest BCUT2D eigenvalue weighted by Gasteiger charge is 2.30. The molecule has 0 saturated heterocycles. The normalized spacial score (nSPS) is 18.8. The van der Waals surface area contributed by atoms with Crippen LogP contribution in [-0.4, -0.2) is 31.5 Å². The van der Waals surface area contributed by atoms with Crippen molar-refractivity contribution in [2.75, 3.05) is 7.11 Å². The quantitative estimate of drug-likeness (QED) is 0.806. The SMILES string of the molecule is COc1nc(CC(C)N)nc2c1CS(=O)(=O)C2. The second-order valence-corrected chi connectivity index (χ2v) is 6.35. The lowest BCUT2D eigenvalue weighted by Gasteiger charge is -2.09. The van der Waals surface area contributed by atoms with Gasteiger partial charge in [0.2, 0.25) is 5.88 Å². The van der Waals surface area contributed by atoms with Crippen molar-refractivity contribution in [1.29, 1.82) is 0 Å². The van der Waals surface area contributed by atoms with Gasteiger partial charge in [-0.15, -0.1) is 0 Å². The fourth-order valence-corrected chi connectivity index (χ4v) is 3.34. The number of hydrogen-bond acceptors (Lipinski definition) is 6. The zero-order valence-electron chi connectivity index (χ0n) is 9.80. The average molecular weight is 257 g/mol. The van der Waals surface area contributed by atoms with E-state index >= 15 is 0 Å². The molecule has 0 fully saturated rings. The van der Waals surface area contributed by atoms with Gasteiger partial charge in [-0.3, -0.25) is 0 Å². The van der Waals surface area contributed by atoms with E-state index in [2.05, 4.69) is 9.97 Å². The van der Waals surface area contributed by atoms with Crippen molar-refractivity contribution >= 4 is 9.84 Å². The Kier molecular flexibility index (Phi) is 3.05. The summed E-state index contributed by atoms with van der Waals surface area (Å²) in [5, 5.41) is 0. The number of rotatable bonds is 3. The van der Waals surface area contributed by atoms with Crippen molar-refractivity contribution in [2.24, 2.45) is 5.73 Å². The van der Waals surface area contributed by atoms with Gasteiger partial charge >= 0.3 is 0 Å². The Morgan fingerprint density at radius 2 is 2.12 bits per heavy atom. The van der Waals surface area contributed by atoms with Crippen molar-refractivity contribution in [3.05, 3.63) is 17.1 Å². The van der Waals surface area contributed by atoms with Gasteiger partial charge < -0.3 is 10.5 Å². The molecule has 1 atom stereocenters. The second kappa shape index (κ2) is 4.23. The summed E-state index contributed by atoms with van der Waals surface area (Å²) in [6.45, 7) is 1.85. The van der Waals surface area contributed by atoms with Gasteiger partial charge in [0.05, 0.1) is 29.9 Å². The number of nitrogens with two attached hydrogens (primary N) is 1. The van der Waals surface area contributed by atoms with E-state index in [0.717, 1.165) is 0 Å². The third kappa shape index (κ3) is 2.55. The van der Waals surface area contributed by atoms with Crippen LogP contribution in [-0.2, 0) is 27.8 Å². The first-order chi connectivity index (χ1) is 7.91. The van der Waals surface area contributed by atoms with Gasteiger partial charge in [-0.25, -0.2) is 13.4 Å². The number of methoxy groups -OCH3 is 1. The molecule has 0 aliphatic carbocycles. The van der Waals surface area contributed by atoms with Crippen molar-refractivity contribution < 1.29 is 13.2 Å². The van der Waals surface area contributed by atoms with E-state index in [0.29, 0.717) is 29.4 Å². The average Bonchev–Trinajstić information content (AvgIpc) is 2.49. The highest BCUT2D eigenvalue weighted by atomic mass is 32.2. The van der Waals surface area contributed by atoms with E-state index in [9.17, 15) is 8.42 Å². The molecule has 0 radical (unpaired) electrons. The molecule has 0 saturated carbocycles. The summed E-state index contributed by atoms with van der Waals surface area (Å²) >= 11 is 0. The van der Waals surface area contributed by atoms with Crippen molar-refractivity contribution in [3.8, 4) is 5.88 Å². The van der Waals surface area contributed by atoms with Crippen molar-refractivity contribution in [2.45, 2.75) is 30.9 Å². The predicted molar refractivity (Wildman–Crippen MR) is 62.3 cm³/mol. The molecule has 17 heavy (non-hydrogen) atoms. The van der Waals surface area contributed by atoms with Gasteiger partial charge in [0.1, 0.15) is 5.82 Å². The lowest BCUT2D eigenvalue weighted by atomic mass is 10.2. The third-order valence-corrected chi connectivity index (χ3v) is 3.96. The molecule has 0 amide bonds. The van der Waals surface area contributed by atoms with Crippen LogP contribution >= 0.6 is 0 Å². The smallest absolute Gasteiger partial charge is 0.220 e. The highest BCUT2D eigenvalue weighted by Crippen LogP contribution is 2.30. The summed E-state index contributed by atoms with van der Waals surface area (Å²) in [5.74, 6) is 0.816. The van der Waals surface area contributed by atoms with Gasteiger partial charge in [0, 0.05) is 12.5 Å². The zero-order valence-corrected chi connectivity index (χ0v) is 10.6. The molecule has 1 unspecified atom stereocenters. The first kappa shape index (κ1) is 12.3. The van der Waals surface area contributed by atoms with Crippen molar-refractivity contribution in [1.82, 2.24) is 9.97 Å². The number of fused-ring (bicyclic) bond motifs is 1. The monoisotopic (exact) mass is 257 g/mol. The van der Waals surface area contributed by atoms with Crippen LogP contribution in [0.3, 0.4) is 0 Å². The summed E-state index contributed by atoms with van der Waals surface area (Å²) in [6.07, 6.45) is 0.504. The molecule has 94 valence electrons. The molecular formula is C10H15N3O3S. The van der Waals surface area contributed by atoms with Crippen LogP contribution in [0.4, 0.5) is 0 Å². The van der Waals surface area contributed by atoms with Gasteiger partial charge in [0.25, 0.3) is 0 Å². The number of ether oxygens (including phenoxy) is 1. The van der Waals surface area contributed by atoms with Gasteiger partial charge in [-0.05, 0) is 6.92 Å². The summed E-state index contributed by atoms with van der Waals surface area (Å²) in [6, 6.07) is -0.0734. The number of aromatic nitrogens is 2. The van der Waals surface area contributed by atoms with E-state index in [-0.39, 0.29) is 17.5 Å². The van der Waals surface area contributed by atoms with Gasteiger partial charge in [-0.1, -0.05) is 0 Å². The maximum absolute atomic E-state index is 11.5. The molecule has 1 aromatic heterocycles. The lowest BCUT2D eigenvalue weighted by Crippen LogP contribution is -2.20. The topological polar surface area (TPSA) is 95.2 Å². The molecule has 2 N–H and O–H groups in total. The summed E-state index contributed by atoms with van der Waals surface area (Å²) in [5.41, 5.74) is 6.81. The van der Waals surface area contributed by atoms with Crippen LogP contribution in [0.1, 0.15) is 24.0 Å². The van der Waals surface area contributed by atoms with E-state index < -0.39 is 9.84 Å². The molecule has 0 aromatic carbocycles. The Morgan fingerprint density at radius 1 is 1.41 bits per heavy atom. The van der Waals surface area contributed by atoms with E-state index in [1.54, 1.807) is 0 Å². The van der Waals surface area contributed by atoms with Gasteiger partial charge in [0.15, 0.2) is 9.84 Å². The Balaban J connectivity index is 2.45. The van der Waals surface area contributed by atoms with Gasteiger partial charge in [-0.2, -0.15) is 4.98 Å². The molecule has 7 heteroatoms. The predicted octanol–water partition coefficient (Wildman–Crippen LogP) is -0.197. The second-order valence-electron chi connectivity index (χ2n) is 4.29. The van der Waals surface area contributed by atoms with Crippen LogP contribution in [0.25, 0.3) is 0 Å². The van der Waals surface area contributed by atoms with Crippen molar-refractivity contribution in [3.63, 3.8) is 0 Å². The maximum Gasteiger partial charge on any atom is 0.220 e. The Labute approximate surface area is 100 Å². The first-order valence-electron chi connectivity index (χ1n) is 5.30. The Bertz CT molecular complexity index is 540. The zero-order chi connectivity index (χ0) is 12.6. The molecule has 1 aromatic rings.